The molecule has 1 aromatic heterocycles. The first kappa shape index (κ1) is 14.7. The maximum absolute atomic E-state index is 13.9. The molecular formula is C15H17ClFN3. The number of aromatic nitrogens is 2. The second kappa shape index (κ2) is 6.18. The standard InChI is InChI=1S/C15H17ClFN3/c1-4-12-9(2)15(18-3)20-13(19-12)8-10-6-5-7-11(16)14(10)17/h5-7H,4,8H2,1-3H3,(H,18,19,20). The quantitative estimate of drug-likeness (QED) is 0.932. The van der Waals surface area contributed by atoms with Gasteiger partial charge in [-0.15, -0.1) is 0 Å². The van der Waals surface area contributed by atoms with E-state index in [9.17, 15) is 4.39 Å². The Kier molecular flexibility index (Phi) is 4.55. The summed E-state index contributed by atoms with van der Waals surface area (Å²) in [5, 5.41) is 3.18. The van der Waals surface area contributed by atoms with Gasteiger partial charge in [-0.05, 0) is 25.0 Å². The first-order valence-corrected chi connectivity index (χ1v) is 6.91. The number of nitrogens with one attached hydrogen (secondary N) is 1. The van der Waals surface area contributed by atoms with Crippen molar-refractivity contribution in [3.63, 3.8) is 0 Å². The molecule has 0 amide bonds. The van der Waals surface area contributed by atoms with Gasteiger partial charge >= 0.3 is 0 Å². The van der Waals surface area contributed by atoms with E-state index in [1.54, 1.807) is 12.1 Å². The highest BCUT2D eigenvalue weighted by Gasteiger charge is 2.12. The highest BCUT2D eigenvalue weighted by molar-refractivity contribution is 6.30. The maximum Gasteiger partial charge on any atom is 0.145 e. The van der Waals surface area contributed by atoms with Crippen LogP contribution in [0.4, 0.5) is 10.2 Å². The predicted molar refractivity (Wildman–Crippen MR) is 79.9 cm³/mol. The molecule has 1 N–H and O–H groups in total. The summed E-state index contributed by atoms with van der Waals surface area (Å²) in [6.07, 6.45) is 1.14. The van der Waals surface area contributed by atoms with Crippen molar-refractivity contribution >= 4 is 17.4 Å². The van der Waals surface area contributed by atoms with Gasteiger partial charge in [0.25, 0.3) is 0 Å². The highest BCUT2D eigenvalue weighted by Crippen LogP contribution is 2.21. The molecule has 0 atom stereocenters. The predicted octanol–water partition coefficient (Wildman–Crippen LogP) is 3.77. The van der Waals surface area contributed by atoms with Crippen molar-refractivity contribution in [1.29, 1.82) is 0 Å². The zero-order chi connectivity index (χ0) is 14.7. The Hall–Kier alpha value is -1.68. The van der Waals surface area contributed by atoms with E-state index in [4.69, 9.17) is 11.6 Å². The van der Waals surface area contributed by atoms with Crippen molar-refractivity contribution in [2.24, 2.45) is 0 Å². The third-order valence-corrected chi connectivity index (χ3v) is 3.54. The van der Waals surface area contributed by atoms with Gasteiger partial charge in [-0.1, -0.05) is 30.7 Å². The molecule has 0 aliphatic rings. The first-order chi connectivity index (χ1) is 9.56. The number of anilines is 1. The van der Waals surface area contributed by atoms with Crippen LogP contribution in [0.5, 0.6) is 0 Å². The smallest absolute Gasteiger partial charge is 0.145 e. The van der Waals surface area contributed by atoms with Gasteiger partial charge in [0.15, 0.2) is 0 Å². The second-order valence-electron chi connectivity index (χ2n) is 4.55. The summed E-state index contributed by atoms with van der Waals surface area (Å²) in [6, 6.07) is 4.97. The zero-order valence-corrected chi connectivity index (χ0v) is 12.6. The largest absolute Gasteiger partial charge is 0.373 e. The van der Waals surface area contributed by atoms with Crippen molar-refractivity contribution in [1.82, 2.24) is 9.97 Å². The number of rotatable bonds is 4. The third-order valence-electron chi connectivity index (χ3n) is 3.24. The number of nitrogens with zero attached hydrogens (tertiary/aromatic N) is 2. The van der Waals surface area contributed by atoms with Gasteiger partial charge in [0.05, 0.1) is 5.02 Å². The molecule has 0 unspecified atom stereocenters. The fraction of sp³-hybridized carbons (Fsp3) is 0.333. The molecule has 0 fully saturated rings. The first-order valence-electron chi connectivity index (χ1n) is 6.53. The molecule has 0 saturated heterocycles. The number of halogens is 2. The van der Waals surface area contributed by atoms with E-state index in [0.29, 0.717) is 17.8 Å². The van der Waals surface area contributed by atoms with E-state index in [1.807, 2.05) is 20.9 Å². The molecule has 3 nitrogen and oxygen atoms in total. The van der Waals surface area contributed by atoms with E-state index >= 15 is 0 Å². The van der Waals surface area contributed by atoms with Crippen molar-refractivity contribution in [2.75, 3.05) is 12.4 Å². The van der Waals surface area contributed by atoms with Gasteiger partial charge in [-0.3, -0.25) is 0 Å². The molecule has 106 valence electrons. The Morgan fingerprint density at radius 3 is 2.70 bits per heavy atom. The van der Waals surface area contributed by atoms with Crippen LogP contribution >= 0.6 is 11.6 Å². The molecule has 0 aliphatic carbocycles. The lowest BCUT2D eigenvalue weighted by Crippen LogP contribution is -2.08. The SMILES string of the molecule is CCc1nc(Cc2cccc(Cl)c2F)nc(NC)c1C. The van der Waals surface area contributed by atoms with Gasteiger partial charge in [0.2, 0.25) is 0 Å². The molecule has 1 aromatic carbocycles. The minimum Gasteiger partial charge on any atom is -0.373 e. The van der Waals surface area contributed by atoms with Gasteiger partial charge < -0.3 is 5.32 Å². The lowest BCUT2D eigenvalue weighted by molar-refractivity contribution is 0.612. The van der Waals surface area contributed by atoms with Gasteiger partial charge in [0.1, 0.15) is 17.5 Å². The lowest BCUT2D eigenvalue weighted by atomic mass is 10.1. The molecule has 0 bridgehead atoms. The molecule has 0 spiro atoms. The zero-order valence-electron chi connectivity index (χ0n) is 11.8. The Balaban J connectivity index is 2.41. The van der Waals surface area contributed by atoms with E-state index in [1.165, 1.54) is 6.07 Å². The number of hydrogen-bond donors (Lipinski definition) is 1. The van der Waals surface area contributed by atoms with Gasteiger partial charge in [-0.2, -0.15) is 0 Å². The molecule has 2 aromatic rings. The summed E-state index contributed by atoms with van der Waals surface area (Å²) in [5.74, 6) is 0.981. The minimum absolute atomic E-state index is 0.124. The number of aryl methyl sites for hydroxylation is 1. The maximum atomic E-state index is 13.9. The summed E-state index contributed by atoms with van der Waals surface area (Å²) in [5.41, 5.74) is 2.51. The summed E-state index contributed by atoms with van der Waals surface area (Å²) in [7, 11) is 1.82. The summed E-state index contributed by atoms with van der Waals surface area (Å²) >= 11 is 5.79. The average Bonchev–Trinajstić information content (AvgIpc) is 2.45. The average molecular weight is 294 g/mol. The van der Waals surface area contributed by atoms with Crippen molar-refractivity contribution in [2.45, 2.75) is 26.7 Å². The lowest BCUT2D eigenvalue weighted by Gasteiger charge is -2.11. The van der Waals surface area contributed by atoms with Crippen LogP contribution in [0.3, 0.4) is 0 Å². The molecule has 0 aliphatic heterocycles. The van der Waals surface area contributed by atoms with Crippen LogP contribution in [0, 0.1) is 12.7 Å². The molecular weight excluding hydrogens is 277 g/mol. The molecule has 20 heavy (non-hydrogen) atoms. The van der Waals surface area contributed by atoms with Gasteiger partial charge in [0, 0.05) is 24.7 Å². The van der Waals surface area contributed by atoms with Crippen molar-refractivity contribution < 1.29 is 4.39 Å². The van der Waals surface area contributed by atoms with Crippen LogP contribution in [0.2, 0.25) is 5.02 Å². The van der Waals surface area contributed by atoms with E-state index in [-0.39, 0.29) is 5.02 Å². The fourth-order valence-corrected chi connectivity index (χ4v) is 2.33. The Morgan fingerprint density at radius 1 is 1.30 bits per heavy atom. The normalized spacial score (nSPS) is 10.7. The Labute approximate surface area is 123 Å². The van der Waals surface area contributed by atoms with E-state index in [0.717, 1.165) is 23.5 Å². The second-order valence-corrected chi connectivity index (χ2v) is 4.96. The van der Waals surface area contributed by atoms with Crippen molar-refractivity contribution in [3.05, 3.63) is 51.7 Å². The highest BCUT2D eigenvalue weighted by atomic mass is 35.5. The van der Waals surface area contributed by atoms with Crippen LogP contribution < -0.4 is 5.32 Å². The Bertz CT molecular complexity index is 604. The van der Waals surface area contributed by atoms with Crippen LogP contribution in [0.25, 0.3) is 0 Å². The summed E-state index contributed by atoms with van der Waals surface area (Å²) in [4.78, 5) is 8.94. The monoisotopic (exact) mass is 293 g/mol. The third kappa shape index (κ3) is 2.90. The minimum atomic E-state index is -0.401. The van der Waals surface area contributed by atoms with Crippen LogP contribution in [-0.4, -0.2) is 17.0 Å². The molecule has 5 heteroatoms. The van der Waals surface area contributed by atoms with Crippen LogP contribution in [-0.2, 0) is 12.8 Å². The molecule has 0 radical (unpaired) electrons. The van der Waals surface area contributed by atoms with Crippen LogP contribution in [0.1, 0.15) is 29.6 Å². The summed E-state index contributed by atoms with van der Waals surface area (Å²) < 4.78 is 13.9. The summed E-state index contributed by atoms with van der Waals surface area (Å²) in [6.45, 7) is 4.02. The van der Waals surface area contributed by atoms with Gasteiger partial charge in [-0.25, -0.2) is 14.4 Å². The van der Waals surface area contributed by atoms with Crippen LogP contribution in [0.15, 0.2) is 18.2 Å². The molecule has 0 saturated carbocycles. The van der Waals surface area contributed by atoms with Crippen molar-refractivity contribution in [3.8, 4) is 0 Å². The molecule has 2 rings (SSSR count). The topological polar surface area (TPSA) is 37.8 Å². The van der Waals surface area contributed by atoms with E-state index < -0.39 is 5.82 Å². The number of benzene rings is 1. The number of hydrogen-bond acceptors (Lipinski definition) is 3. The Morgan fingerprint density at radius 2 is 2.05 bits per heavy atom. The fourth-order valence-electron chi connectivity index (χ4n) is 2.14. The molecule has 1 heterocycles. The van der Waals surface area contributed by atoms with E-state index in [2.05, 4.69) is 15.3 Å².